The van der Waals surface area contributed by atoms with E-state index in [9.17, 15) is 0 Å². The molecule has 1 aromatic carbocycles. The first kappa shape index (κ1) is 18.8. The number of nitrogens with zero attached hydrogens (tertiary/aromatic N) is 3. The molecular formula is C24H31N5. The lowest BCUT2D eigenvalue weighted by Gasteiger charge is -2.38. The van der Waals surface area contributed by atoms with Gasteiger partial charge in [-0.25, -0.2) is 4.98 Å². The van der Waals surface area contributed by atoms with Gasteiger partial charge in [0.15, 0.2) is 0 Å². The molecule has 0 amide bonds. The number of rotatable bonds is 3. The lowest BCUT2D eigenvalue weighted by molar-refractivity contribution is 0.107. The fourth-order valence-corrected chi connectivity index (χ4v) is 5.33. The summed E-state index contributed by atoms with van der Waals surface area (Å²) < 4.78 is 0. The van der Waals surface area contributed by atoms with E-state index in [1.165, 1.54) is 47.1 Å². The Bertz CT molecular complexity index is 988. The highest BCUT2D eigenvalue weighted by Crippen LogP contribution is 2.40. The molecule has 5 heteroatoms. The summed E-state index contributed by atoms with van der Waals surface area (Å²) in [5.41, 5.74) is 6.27. The predicted molar refractivity (Wildman–Crippen MR) is 117 cm³/mol. The Morgan fingerprint density at radius 3 is 2.66 bits per heavy atom. The fraction of sp³-hybridized carbons (Fsp3) is 0.500. The molecule has 2 aliphatic rings. The molecule has 0 radical (unpaired) electrons. The van der Waals surface area contributed by atoms with Crippen LogP contribution >= 0.6 is 0 Å². The number of aromatic nitrogens is 3. The van der Waals surface area contributed by atoms with Gasteiger partial charge in [0, 0.05) is 6.20 Å². The SMILES string of the molecule is Cc1cccnc1[C@@H]1CCC[C@H](c2nc3c(C4CCNCC4)cccc3[nH]2)N1C. The van der Waals surface area contributed by atoms with E-state index in [2.05, 4.69) is 53.4 Å². The average Bonchev–Trinajstić information content (AvgIpc) is 3.19. The third-order valence-corrected chi connectivity index (χ3v) is 6.96. The second-order valence-corrected chi connectivity index (χ2v) is 8.72. The second kappa shape index (κ2) is 7.88. The van der Waals surface area contributed by atoms with E-state index in [4.69, 9.17) is 9.97 Å². The zero-order valence-electron chi connectivity index (χ0n) is 17.5. The van der Waals surface area contributed by atoms with Gasteiger partial charge in [-0.3, -0.25) is 9.88 Å². The van der Waals surface area contributed by atoms with Crippen molar-refractivity contribution < 1.29 is 0 Å². The molecule has 4 heterocycles. The van der Waals surface area contributed by atoms with Crippen LogP contribution in [0.5, 0.6) is 0 Å². The van der Waals surface area contributed by atoms with Crippen LogP contribution in [0.2, 0.25) is 0 Å². The van der Waals surface area contributed by atoms with Crippen molar-refractivity contribution in [1.82, 2.24) is 25.2 Å². The van der Waals surface area contributed by atoms with E-state index in [0.717, 1.165) is 31.8 Å². The molecule has 0 spiro atoms. The van der Waals surface area contributed by atoms with E-state index < -0.39 is 0 Å². The number of hydrogen-bond donors (Lipinski definition) is 2. The minimum absolute atomic E-state index is 0.309. The maximum atomic E-state index is 5.17. The summed E-state index contributed by atoms with van der Waals surface area (Å²) in [6.07, 6.45) is 7.82. The smallest absolute Gasteiger partial charge is 0.124 e. The molecule has 2 N–H and O–H groups in total. The van der Waals surface area contributed by atoms with Crippen LogP contribution < -0.4 is 5.32 Å². The Kier molecular flexibility index (Phi) is 5.10. The van der Waals surface area contributed by atoms with Crippen LogP contribution in [0.4, 0.5) is 0 Å². The zero-order chi connectivity index (χ0) is 19.8. The molecule has 0 bridgehead atoms. The highest BCUT2D eigenvalue weighted by molar-refractivity contribution is 5.79. The number of aryl methyl sites for hydroxylation is 1. The van der Waals surface area contributed by atoms with Crippen molar-refractivity contribution in [2.45, 2.75) is 57.0 Å². The molecule has 5 rings (SSSR count). The number of pyridine rings is 1. The van der Waals surface area contributed by atoms with E-state index in [0.29, 0.717) is 18.0 Å². The van der Waals surface area contributed by atoms with Gasteiger partial charge in [0.1, 0.15) is 5.82 Å². The Hall–Kier alpha value is -2.24. The first-order valence-electron chi connectivity index (χ1n) is 11.0. The van der Waals surface area contributed by atoms with Gasteiger partial charge in [0.2, 0.25) is 0 Å². The molecule has 2 fully saturated rings. The maximum Gasteiger partial charge on any atom is 0.124 e. The molecule has 3 aromatic rings. The Balaban J connectivity index is 1.48. The molecule has 0 unspecified atom stereocenters. The van der Waals surface area contributed by atoms with Crippen LogP contribution in [0.3, 0.4) is 0 Å². The summed E-state index contributed by atoms with van der Waals surface area (Å²) in [5, 5.41) is 3.48. The molecule has 2 atom stereocenters. The largest absolute Gasteiger partial charge is 0.341 e. The summed E-state index contributed by atoms with van der Waals surface area (Å²) in [7, 11) is 2.24. The van der Waals surface area contributed by atoms with Crippen LogP contribution in [0.1, 0.15) is 72.8 Å². The first-order chi connectivity index (χ1) is 14.2. The lowest BCUT2D eigenvalue weighted by Crippen LogP contribution is -2.34. The summed E-state index contributed by atoms with van der Waals surface area (Å²) in [6.45, 7) is 4.38. The molecule has 5 nitrogen and oxygen atoms in total. The van der Waals surface area contributed by atoms with Crippen molar-refractivity contribution in [3.8, 4) is 0 Å². The van der Waals surface area contributed by atoms with Crippen molar-refractivity contribution in [1.29, 1.82) is 0 Å². The number of piperidine rings is 2. The van der Waals surface area contributed by atoms with Crippen LogP contribution in [-0.2, 0) is 0 Å². The van der Waals surface area contributed by atoms with E-state index in [-0.39, 0.29) is 0 Å². The number of H-pyrrole nitrogens is 1. The molecule has 0 saturated carbocycles. The van der Waals surface area contributed by atoms with Gasteiger partial charge in [-0.2, -0.15) is 0 Å². The van der Waals surface area contributed by atoms with Gasteiger partial charge in [0.05, 0.1) is 28.8 Å². The standard InChI is InChI=1S/C24H31N5/c1-16-6-5-13-26-22(16)20-9-4-10-21(29(20)2)24-27-19-8-3-7-18(23(19)28-24)17-11-14-25-15-12-17/h3,5-8,13,17,20-21,25H,4,9-12,14-15H2,1-2H3,(H,27,28)/t20-,21+/m0/s1. The molecule has 0 aliphatic carbocycles. The second-order valence-electron chi connectivity index (χ2n) is 8.72. The molecular weight excluding hydrogens is 358 g/mol. The first-order valence-corrected chi connectivity index (χ1v) is 11.0. The van der Waals surface area contributed by atoms with Crippen molar-refractivity contribution >= 4 is 11.0 Å². The normalized spacial score (nSPS) is 24.2. The maximum absolute atomic E-state index is 5.17. The van der Waals surface area contributed by atoms with Gasteiger partial charge in [-0.1, -0.05) is 18.2 Å². The summed E-state index contributed by atoms with van der Waals surface area (Å²) in [6, 6.07) is 11.5. The third-order valence-electron chi connectivity index (χ3n) is 6.96. The third kappa shape index (κ3) is 3.47. The monoisotopic (exact) mass is 389 g/mol. The fourth-order valence-electron chi connectivity index (χ4n) is 5.33. The van der Waals surface area contributed by atoms with Crippen LogP contribution in [-0.4, -0.2) is 40.0 Å². The highest BCUT2D eigenvalue weighted by atomic mass is 15.2. The molecule has 2 saturated heterocycles. The van der Waals surface area contributed by atoms with Crippen molar-refractivity contribution in [2.24, 2.45) is 0 Å². The Morgan fingerprint density at radius 1 is 1.00 bits per heavy atom. The molecule has 29 heavy (non-hydrogen) atoms. The number of hydrogen-bond acceptors (Lipinski definition) is 4. The number of benzene rings is 1. The molecule has 2 aliphatic heterocycles. The summed E-state index contributed by atoms with van der Waals surface area (Å²) in [5.74, 6) is 1.73. The topological polar surface area (TPSA) is 56.8 Å². The summed E-state index contributed by atoms with van der Waals surface area (Å²) in [4.78, 5) is 16.1. The van der Waals surface area contributed by atoms with Gasteiger partial charge in [0.25, 0.3) is 0 Å². The minimum atomic E-state index is 0.309. The van der Waals surface area contributed by atoms with E-state index >= 15 is 0 Å². The Labute approximate surface area is 172 Å². The van der Waals surface area contributed by atoms with Crippen molar-refractivity contribution in [3.05, 3.63) is 59.2 Å². The average molecular weight is 390 g/mol. The van der Waals surface area contributed by atoms with Crippen LogP contribution in [0.15, 0.2) is 36.5 Å². The Morgan fingerprint density at radius 2 is 1.83 bits per heavy atom. The van der Waals surface area contributed by atoms with Gasteiger partial charge < -0.3 is 10.3 Å². The predicted octanol–water partition coefficient (Wildman–Crippen LogP) is 4.63. The minimum Gasteiger partial charge on any atom is -0.341 e. The van der Waals surface area contributed by atoms with Crippen LogP contribution in [0, 0.1) is 6.92 Å². The number of likely N-dealkylation sites (tertiary alicyclic amines) is 1. The van der Waals surface area contributed by atoms with E-state index in [1.54, 1.807) is 0 Å². The van der Waals surface area contributed by atoms with Crippen molar-refractivity contribution in [3.63, 3.8) is 0 Å². The summed E-state index contributed by atoms with van der Waals surface area (Å²) >= 11 is 0. The van der Waals surface area contributed by atoms with Gasteiger partial charge >= 0.3 is 0 Å². The number of nitrogens with one attached hydrogen (secondary N) is 2. The van der Waals surface area contributed by atoms with Crippen LogP contribution in [0.25, 0.3) is 11.0 Å². The molecule has 2 aromatic heterocycles. The number of para-hydroxylation sites is 1. The number of imidazole rings is 1. The van der Waals surface area contributed by atoms with E-state index in [1.807, 2.05) is 12.3 Å². The van der Waals surface area contributed by atoms with Crippen molar-refractivity contribution in [2.75, 3.05) is 20.1 Å². The van der Waals surface area contributed by atoms with Gasteiger partial charge in [-0.15, -0.1) is 0 Å². The zero-order valence-corrected chi connectivity index (χ0v) is 17.5. The number of fused-ring (bicyclic) bond motifs is 1. The quantitative estimate of drug-likeness (QED) is 0.686. The highest BCUT2D eigenvalue weighted by Gasteiger charge is 2.33. The number of aromatic amines is 1. The lowest BCUT2D eigenvalue weighted by atomic mass is 9.89. The van der Waals surface area contributed by atoms with Gasteiger partial charge in [-0.05, 0) is 88.3 Å². The molecule has 152 valence electrons.